The summed E-state index contributed by atoms with van der Waals surface area (Å²) >= 11 is 0. The third-order valence-electron chi connectivity index (χ3n) is 3.46. The van der Waals surface area contributed by atoms with Gasteiger partial charge in [0.2, 0.25) is 5.91 Å². The topological polar surface area (TPSA) is 81.1 Å². The molecule has 4 heteroatoms. The molecule has 1 aliphatic carbocycles. The zero-order chi connectivity index (χ0) is 11.3. The summed E-state index contributed by atoms with van der Waals surface area (Å²) in [6.07, 6.45) is 4.86. The summed E-state index contributed by atoms with van der Waals surface area (Å²) in [6.45, 7) is 3.38. The zero-order valence-electron chi connectivity index (χ0n) is 9.59. The Morgan fingerprint density at radius 1 is 1.53 bits per heavy atom. The molecule has 0 radical (unpaired) electrons. The van der Waals surface area contributed by atoms with Gasteiger partial charge in [0.05, 0.1) is 5.41 Å². The Labute approximate surface area is 91.8 Å². The number of carbonyl (C=O) groups excluding carboxylic acids is 1. The summed E-state index contributed by atoms with van der Waals surface area (Å²) in [4.78, 5) is 11.9. The van der Waals surface area contributed by atoms with Crippen LogP contribution in [0.1, 0.15) is 39.0 Å². The third kappa shape index (κ3) is 2.92. The summed E-state index contributed by atoms with van der Waals surface area (Å²) in [5.41, 5.74) is 11.0. The monoisotopic (exact) mass is 213 g/mol. The molecular formula is C11H23N3O. The maximum absolute atomic E-state index is 11.9. The minimum atomic E-state index is -0.345. The van der Waals surface area contributed by atoms with E-state index in [1.54, 1.807) is 0 Å². The van der Waals surface area contributed by atoms with Crippen molar-refractivity contribution in [1.82, 2.24) is 5.32 Å². The van der Waals surface area contributed by atoms with Crippen LogP contribution in [0.3, 0.4) is 0 Å². The van der Waals surface area contributed by atoms with Crippen molar-refractivity contribution >= 4 is 5.91 Å². The molecule has 4 nitrogen and oxygen atoms in total. The lowest BCUT2D eigenvalue weighted by Crippen LogP contribution is -2.47. The van der Waals surface area contributed by atoms with Gasteiger partial charge in [0.25, 0.3) is 0 Å². The second-order valence-corrected chi connectivity index (χ2v) is 4.67. The van der Waals surface area contributed by atoms with Crippen molar-refractivity contribution < 1.29 is 4.79 Å². The van der Waals surface area contributed by atoms with E-state index in [4.69, 9.17) is 11.5 Å². The smallest absolute Gasteiger partial charge is 0.227 e. The van der Waals surface area contributed by atoms with E-state index >= 15 is 0 Å². The Morgan fingerprint density at radius 3 is 2.80 bits per heavy atom. The fourth-order valence-electron chi connectivity index (χ4n) is 2.15. The van der Waals surface area contributed by atoms with Crippen LogP contribution in [0.4, 0.5) is 0 Å². The summed E-state index contributed by atoms with van der Waals surface area (Å²) in [5.74, 6) is 0.115. The quantitative estimate of drug-likeness (QED) is 0.577. The Bertz CT molecular complexity index is 220. The predicted octanol–water partition coefficient (Wildman–Crippen LogP) is 0.359. The van der Waals surface area contributed by atoms with Crippen molar-refractivity contribution in [3.63, 3.8) is 0 Å². The molecule has 2 unspecified atom stereocenters. The van der Waals surface area contributed by atoms with E-state index in [9.17, 15) is 4.79 Å². The van der Waals surface area contributed by atoms with E-state index in [1.165, 1.54) is 0 Å². The van der Waals surface area contributed by atoms with Crippen molar-refractivity contribution in [3.8, 4) is 0 Å². The van der Waals surface area contributed by atoms with Gasteiger partial charge in [-0.15, -0.1) is 0 Å². The van der Waals surface area contributed by atoms with Crippen LogP contribution < -0.4 is 16.8 Å². The lowest BCUT2D eigenvalue weighted by molar-refractivity contribution is -0.130. The summed E-state index contributed by atoms with van der Waals surface area (Å²) < 4.78 is 0. The minimum Gasteiger partial charge on any atom is -0.356 e. The SMILES string of the molecule is CC1(C(=O)NCCCCN)CCCC1N. The number of carbonyl (C=O) groups is 1. The van der Waals surface area contributed by atoms with Gasteiger partial charge in [0.15, 0.2) is 0 Å². The average molecular weight is 213 g/mol. The van der Waals surface area contributed by atoms with Gasteiger partial charge in [0.1, 0.15) is 0 Å². The van der Waals surface area contributed by atoms with Crippen LogP contribution in [0.2, 0.25) is 0 Å². The molecule has 15 heavy (non-hydrogen) atoms. The fourth-order valence-corrected chi connectivity index (χ4v) is 2.15. The van der Waals surface area contributed by atoms with Gasteiger partial charge in [-0.1, -0.05) is 6.42 Å². The molecule has 0 aromatic rings. The fraction of sp³-hybridized carbons (Fsp3) is 0.909. The van der Waals surface area contributed by atoms with Gasteiger partial charge < -0.3 is 16.8 Å². The highest BCUT2D eigenvalue weighted by Gasteiger charge is 2.42. The number of nitrogens with one attached hydrogen (secondary N) is 1. The highest BCUT2D eigenvalue weighted by molar-refractivity contribution is 5.83. The van der Waals surface area contributed by atoms with Crippen molar-refractivity contribution in [2.75, 3.05) is 13.1 Å². The van der Waals surface area contributed by atoms with Gasteiger partial charge in [-0.25, -0.2) is 0 Å². The number of nitrogens with two attached hydrogens (primary N) is 2. The Balaban J connectivity index is 2.32. The first-order valence-electron chi connectivity index (χ1n) is 5.85. The number of rotatable bonds is 5. The maximum Gasteiger partial charge on any atom is 0.227 e. The Hall–Kier alpha value is -0.610. The van der Waals surface area contributed by atoms with Gasteiger partial charge in [-0.2, -0.15) is 0 Å². The summed E-state index contributed by atoms with van der Waals surface area (Å²) in [7, 11) is 0. The highest BCUT2D eigenvalue weighted by Crippen LogP contribution is 2.36. The first-order valence-corrected chi connectivity index (χ1v) is 5.85. The largest absolute Gasteiger partial charge is 0.356 e. The third-order valence-corrected chi connectivity index (χ3v) is 3.46. The van der Waals surface area contributed by atoms with E-state index in [0.29, 0.717) is 6.54 Å². The Kier molecular flexibility index (Phi) is 4.54. The molecule has 0 aromatic heterocycles. The van der Waals surface area contributed by atoms with Crippen molar-refractivity contribution in [1.29, 1.82) is 0 Å². The van der Waals surface area contributed by atoms with Crippen LogP contribution in [0.15, 0.2) is 0 Å². The predicted molar refractivity (Wildman–Crippen MR) is 61.2 cm³/mol. The van der Waals surface area contributed by atoms with Gasteiger partial charge in [-0.05, 0) is 39.2 Å². The molecule has 2 atom stereocenters. The molecule has 88 valence electrons. The van der Waals surface area contributed by atoms with Crippen LogP contribution >= 0.6 is 0 Å². The standard InChI is InChI=1S/C11H23N3O/c1-11(6-4-5-9(11)13)10(15)14-8-3-2-7-12/h9H,2-8,12-13H2,1H3,(H,14,15). The molecule has 0 spiro atoms. The molecule has 0 aromatic carbocycles. The first-order chi connectivity index (χ1) is 7.11. The molecule has 1 saturated carbocycles. The number of unbranched alkanes of at least 4 members (excludes halogenated alkanes) is 1. The molecule has 1 rings (SSSR count). The second kappa shape index (κ2) is 5.47. The number of hydrogen-bond acceptors (Lipinski definition) is 3. The van der Waals surface area contributed by atoms with Crippen LogP contribution in [0, 0.1) is 5.41 Å². The molecular weight excluding hydrogens is 190 g/mol. The van der Waals surface area contributed by atoms with Crippen molar-refractivity contribution in [3.05, 3.63) is 0 Å². The summed E-state index contributed by atoms with van der Waals surface area (Å²) in [6, 6.07) is 0.0204. The van der Waals surface area contributed by atoms with E-state index in [0.717, 1.165) is 38.6 Å². The maximum atomic E-state index is 11.9. The number of amides is 1. The van der Waals surface area contributed by atoms with Crippen molar-refractivity contribution in [2.45, 2.75) is 45.1 Å². The van der Waals surface area contributed by atoms with Crippen LogP contribution in [0.25, 0.3) is 0 Å². The van der Waals surface area contributed by atoms with Gasteiger partial charge in [-0.3, -0.25) is 4.79 Å². The molecule has 0 bridgehead atoms. The van der Waals surface area contributed by atoms with E-state index in [-0.39, 0.29) is 17.4 Å². The van der Waals surface area contributed by atoms with Crippen LogP contribution in [-0.4, -0.2) is 25.0 Å². The second-order valence-electron chi connectivity index (χ2n) is 4.67. The molecule has 5 N–H and O–H groups in total. The zero-order valence-corrected chi connectivity index (χ0v) is 9.59. The van der Waals surface area contributed by atoms with E-state index in [2.05, 4.69) is 5.32 Å². The minimum absolute atomic E-state index is 0.0204. The van der Waals surface area contributed by atoms with Crippen LogP contribution in [-0.2, 0) is 4.79 Å². The summed E-state index contributed by atoms with van der Waals surface area (Å²) in [5, 5.41) is 2.96. The van der Waals surface area contributed by atoms with E-state index < -0.39 is 0 Å². The molecule has 0 saturated heterocycles. The molecule has 0 heterocycles. The van der Waals surface area contributed by atoms with Gasteiger partial charge >= 0.3 is 0 Å². The van der Waals surface area contributed by atoms with Crippen LogP contribution in [0.5, 0.6) is 0 Å². The molecule has 1 amide bonds. The number of hydrogen-bond donors (Lipinski definition) is 3. The molecule has 0 aliphatic heterocycles. The highest BCUT2D eigenvalue weighted by atomic mass is 16.2. The lowest BCUT2D eigenvalue weighted by atomic mass is 9.84. The molecule has 1 fully saturated rings. The molecule has 1 aliphatic rings. The van der Waals surface area contributed by atoms with Gasteiger partial charge in [0, 0.05) is 12.6 Å². The van der Waals surface area contributed by atoms with Crippen molar-refractivity contribution in [2.24, 2.45) is 16.9 Å². The Morgan fingerprint density at radius 2 is 2.27 bits per heavy atom. The average Bonchev–Trinajstić information content (AvgIpc) is 2.55. The lowest BCUT2D eigenvalue weighted by Gasteiger charge is -2.27. The first kappa shape index (κ1) is 12.5. The normalized spacial score (nSPS) is 30.5. The van der Waals surface area contributed by atoms with E-state index in [1.807, 2.05) is 6.92 Å².